The zero-order chi connectivity index (χ0) is 21.9. The van der Waals surface area contributed by atoms with E-state index in [4.69, 9.17) is 0 Å². The molecule has 2 aromatic carbocycles. The van der Waals surface area contributed by atoms with Crippen molar-refractivity contribution in [2.75, 3.05) is 0 Å². The summed E-state index contributed by atoms with van der Waals surface area (Å²) in [4.78, 5) is 50.1. The van der Waals surface area contributed by atoms with Gasteiger partial charge >= 0.3 is 0 Å². The van der Waals surface area contributed by atoms with Gasteiger partial charge in [0.05, 0.1) is 0 Å². The summed E-state index contributed by atoms with van der Waals surface area (Å²) in [5, 5.41) is 0.911. The van der Waals surface area contributed by atoms with Crippen LogP contribution in [0, 0.1) is 0 Å². The van der Waals surface area contributed by atoms with Crippen molar-refractivity contribution in [2.24, 2.45) is 0 Å². The largest absolute Gasteiger partial charge is 0.285 e. The van der Waals surface area contributed by atoms with Crippen LogP contribution in [0.5, 0.6) is 0 Å². The van der Waals surface area contributed by atoms with Gasteiger partial charge < -0.3 is 0 Å². The zero-order valence-corrected chi connectivity index (χ0v) is 18.0. The minimum absolute atomic E-state index is 0.121. The van der Waals surface area contributed by atoms with Gasteiger partial charge in [0, 0.05) is 32.7 Å². The maximum atomic E-state index is 12.6. The molecule has 0 amide bonds. The SMILES string of the molecule is CC.CCC.CCC(C)c1cc2c3c(c1)c(=O)c(=O)c1cccc(c1-3)c(=O)c2=O. The lowest BCUT2D eigenvalue weighted by molar-refractivity contribution is 0.735. The van der Waals surface area contributed by atoms with E-state index in [0.717, 1.165) is 12.0 Å². The molecule has 4 rings (SSSR count). The lowest BCUT2D eigenvalue weighted by Crippen LogP contribution is -2.31. The summed E-state index contributed by atoms with van der Waals surface area (Å²) in [7, 11) is 0. The standard InChI is InChI=1S/C20H14O4.C3H8.C2H6/c1-3-9(2)10-7-13-16-14(8-10)20(24)18(22)12-6-4-5-11(15(12)16)17(21)19(13)23;1-3-2;1-2/h4-9H,3H2,1-2H3;3H2,1-2H3;1-2H3. The zero-order valence-electron chi connectivity index (χ0n) is 18.0. The molecule has 4 nitrogen and oxygen atoms in total. The van der Waals surface area contributed by atoms with E-state index in [2.05, 4.69) is 13.8 Å². The Labute approximate surface area is 170 Å². The third-order valence-corrected chi connectivity index (χ3v) is 5.05. The Bertz CT molecular complexity index is 1200. The number of hydrogen-bond acceptors (Lipinski definition) is 4. The average molecular weight is 392 g/mol. The average Bonchev–Trinajstić information content (AvgIpc) is 2.75. The van der Waals surface area contributed by atoms with E-state index < -0.39 is 21.7 Å². The molecule has 0 fully saturated rings. The highest BCUT2D eigenvalue weighted by Crippen LogP contribution is 2.36. The van der Waals surface area contributed by atoms with E-state index in [-0.39, 0.29) is 27.5 Å². The van der Waals surface area contributed by atoms with Gasteiger partial charge in [0.15, 0.2) is 0 Å². The molecule has 29 heavy (non-hydrogen) atoms. The van der Waals surface area contributed by atoms with Gasteiger partial charge in [0.25, 0.3) is 0 Å². The second-order valence-electron chi connectivity index (χ2n) is 7.05. The summed E-state index contributed by atoms with van der Waals surface area (Å²) < 4.78 is 0. The maximum Gasteiger partial charge on any atom is 0.234 e. The van der Waals surface area contributed by atoms with Crippen LogP contribution in [-0.4, -0.2) is 0 Å². The van der Waals surface area contributed by atoms with Crippen molar-refractivity contribution in [1.29, 1.82) is 0 Å². The first kappa shape index (κ1) is 22.4. The first-order chi connectivity index (χ1) is 13.9. The molecule has 0 aliphatic heterocycles. The lowest BCUT2D eigenvalue weighted by atomic mass is 9.84. The van der Waals surface area contributed by atoms with Crippen molar-refractivity contribution in [3.05, 3.63) is 76.8 Å². The van der Waals surface area contributed by atoms with E-state index in [1.54, 1.807) is 12.1 Å². The van der Waals surface area contributed by atoms with Crippen LogP contribution < -0.4 is 21.7 Å². The van der Waals surface area contributed by atoms with Gasteiger partial charge in [-0.2, -0.15) is 0 Å². The minimum Gasteiger partial charge on any atom is -0.285 e. The molecular weight excluding hydrogens is 364 g/mol. The van der Waals surface area contributed by atoms with E-state index >= 15 is 0 Å². The Kier molecular flexibility index (Phi) is 7.02. The molecule has 0 radical (unpaired) electrons. The van der Waals surface area contributed by atoms with Crippen LogP contribution in [0.15, 0.2) is 49.5 Å². The highest BCUT2D eigenvalue weighted by Gasteiger charge is 2.25. The van der Waals surface area contributed by atoms with Crippen LogP contribution in [0.2, 0.25) is 0 Å². The van der Waals surface area contributed by atoms with Crippen LogP contribution in [0.25, 0.3) is 32.7 Å². The molecule has 152 valence electrons. The monoisotopic (exact) mass is 392 g/mol. The summed E-state index contributed by atoms with van der Waals surface area (Å²) in [5.74, 6) is 0.121. The Morgan fingerprint density at radius 1 is 0.690 bits per heavy atom. The van der Waals surface area contributed by atoms with Crippen molar-refractivity contribution < 1.29 is 0 Å². The predicted molar refractivity (Wildman–Crippen MR) is 123 cm³/mol. The molecule has 2 aliphatic rings. The molecule has 0 bridgehead atoms. The van der Waals surface area contributed by atoms with Crippen molar-refractivity contribution in [3.8, 4) is 11.1 Å². The molecule has 0 N–H and O–H groups in total. The molecule has 1 unspecified atom stereocenters. The van der Waals surface area contributed by atoms with Crippen LogP contribution in [0.1, 0.15) is 65.9 Å². The van der Waals surface area contributed by atoms with Gasteiger partial charge in [-0.05, 0) is 30.0 Å². The molecule has 0 saturated carbocycles. The fourth-order valence-electron chi connectivity index (χ4n) is 3.50. The van der Waals surface area contributed by atoms with Crippen LogP contribution in [0.4, 0.5) is 0 Å². The second-order valence-corrected chi connectivity index (χ2v) is 7.05. The van der Waals surface area contributed by atoms with Gasteiger partial charge in [-0.3, -0.25) is 19.2 Å². The Morgan fingerprint density at radius 3 is 1.41 bits per heavy atom. The van der Waals surface area contributed by atoms with Crippen molar-refractivity contribution in [3.63, 3.8) is 0 Å². The van der Waals surface area contributed by atoms with Crippen LogP contribution >= 0.6 is 0 Å². The van der Waals surface area contributed by atoms with Gasteiger partial charge in [0.1, 0.15) is 0 Å². The summed E-state index contributed by atoms with van der Waals surface area (Å²) in [5.41, 5.74) is -0.764. The molecule has 1 atom stereocenters. The Morgan fingerprint density at radius 2 is 1.03 bits per heavy atom. The van der Waals surface area contributed by atoms with E-state index in [1.165, 1.54) is 24.6 Å². The highest BCUT2D eigenvalue weighted by atomic mass is 16.2. The molecule has 0 aromatic heterocycles. The van der Waals surface area contributed by atoms with Crippen molar-refractivity contribution in [2.45, 2.75) is 60.3 Å². The lowest BCUT2D eigenvalue weighted by Gasteiger charge is -2.17. The first-order valence-electron chi connectivity index (χ1n) is 10.4. The predicted octanol–water partition coefficient (Wildman–Crippen LogP) is 4.81. The topological polar surface area (TPSA) is 68.3 Å². The summed E-state index contributed by atoms with van der Waals surface area (Å²) in [6, 6.07) is 8.02. The first-order valence-corrected chi connectivity index (χ1v) is 10.4. The molecule has 0 saturated heterocycles. The Hall–Kier alpha value is -2.88. The van der Waals surface area contributed by atoms with Gasteiger partial charge in [-0.15, -0.1) is 0 Å². The van der Waals surface area contributed by atoms with Crippen LogP contribution in [0.3, 0.4) is 0 Å². The van der Waals surface area contributed by atoms with Gasteiger partial charge in [-0.1, -0.05) is 66.2 Å². The van der Waals surface area contributed by atoms with E-state index in [9.17, 15) is 19.2 Å². The molecule has 0 heterocycles. The number of rotatable bonds is 2. The minimum atomic E-state index is -0.617. The van der Waals surface area contributed by atoms with E-state index in [1.807, 2.05) is 27.7 Å². The summed E-state index contributed by atoms with van der Waals surface area (Å²) in [6.07, 6.45) is 2.07. The second kappa shape index (κ2) is 9.08. The van der Waals surface area contributed by atoms with Crippen molar-refractivity contribution >= 4 is 21.5 Å². The highest BCUT2D eigenvalue weighted by molar-refractivity contribution is 6.11. The fraction of sp³-hybridized carbons (Fsp3) is 0.360. The third-order valence-electron chi connectivity index (χ3n) is 5.05. The number of hydrogen-bond donors (Lipinski definition) is 0. The fourth-order valence-corrected chi connectivity index (χ4v) is 3.50. The summed E-state index contributed by atoms with van der Waals surface area (Å²) in [6.45, 7) is 12.2. The Balaban J connectivity index is 0.000000551. The van der Waals surface area contributed by atoms with Crippen LogP contribution in [-0.2, 0) is 0 Å². The molecule has 0 spiro atoms. The molecule has 2 aromatic rings. The number of benzene rings is 4. The maximum absolute atomic E-state index is 12.6. The third kappa shape index (κ3) is 3.59. The summed E-state index contributed by atoms with van der Waals surface area (Å²) >= 11 is 0. The quantitative estimate of drug-likeness (QED) is 0.363. The molecule has 2 aliphatic carbocycles. The van der Waals surface area contributed by atoms with E-state index in [0.29, 0.717) is 11.1 Å². The smallest absolute Gasteiger partial charge is 0.234 e. The van der Waals surface area contributed by atoms with Gasteiger partial charge in [-0.25, -0.2) is 0 Å². The molecular formula is C25H28O4. The van der Waals surface area contributed by atoms with Gasteiger partial charge in [0.2, 0.25) is 21.7 Å². The normalized spacial score (nSPS) is 11.8. The van der Waals surface area contributed by atoms with Crippen molar-refractivity contribution in [1.82, 2.24) is 0 Å². The molecule has 4 heteroatoms.